The summed E-state index contributed by atoms with van der Waals surface area (Å²) in [6.07, 6.45) is 25.1. The first-order chi connectivity index (χ1) is 21.8. The van der Waals surface area contributed by atoms with Crippen molar-refractivity contribution in [2.45, 2.75) is 12.8 Å². The molecule has 0 bridgehead atoms. The summed E-state index contributed by atoms with van der Waals surface area (Å²) in [5, 5.41) is 5.02. The van der Waals surface area contributed by atoms with Crippen molar-refractivity contribution in [3.8, 4) is 22.3 Å². The van der Waals surface area contributed by atoms with Crippen LogP contribution in [0, 0.1) is 11.8 Å². The Bertz CT molecular complexity index is 2080. The van der Waals surface area contributed by atoms with Gasteiger partial charge in [-0.05, 0) is 93.1 Å². The van der Waals surface area contributed by atoms with Crippen LogP contribution >= 0.6 is 15.9 Å². The van der Waals surface area contributed by atoms with E-state index < -0.39 is 0 Å². The van der Waals surface area contributed by atoms with Gasteiger partial charge >= 0.3 is 0 Å². The largest absolute Gasteiger partial charge is 0.314 e. The smallest absolute Gasteiger partial charge is 0.0465 e. The fraction of sp³-hybridized carbons (Fsp3) is 0.0952. The minimum atomic E-state index is 0.291. The Kier molecular flexibility index (Phi) is 7.01. The first kappa shape index (κ1) is 26.9. The normalized spacial score (nSPS) is 18.8. The maximum Gasteiger partial charge on any atom is 0.0465 e. The standard InChI is InChI=1S/C42H32BrN/c43-32-23-25-36-38(27-32)41(30-14-4-1-5-15-30)37-26-24-34(28-39(37)42(36)31-16-6-2-7-17-31)44(33-19-8-3-9-20-33)40-22-12-18-29-13-10-11-21-35(29)40/h1-2,4-8,10-29,35H,3,9H2/t29-,35?/m1/s1. The number of allylic oxidation sites excluding steroid dienone is 10. The van der Waals surface area contributed by atoms with Crippen molar-refractivity contribution in [2.24, 2.45) is 11.8 Å². The van der Waals surface area contributed by atoms with Gasteiger partial charge in [0.15, 0.2) is 0 Å². The highest BCUT2D eigenvalue weighted by molar-refractivity contribution is 9.10. The van der Waals surface area contributed by atoms with E-state index in [9.17, 15) is 0 Å². The second kappa shape index (κ2) is 11.4. The number of hydrogen-bond acceptors (Lipinski definition) is 1. The Balaban J connectivity index is 1.45. The predicted molar refractivity (Wildman–Crippen MR) is 191 cm³/mol. The summed E-state index contributed by atoms with van der Waals surface area (Å²) >= 11 is 3.79. The molecule has 8 rings (SSSR count). The first-order valence-electron chi connectivity index (χ1n) is 15.5. The van der Waals surface area contributed by atoms with Crippen LogP contribution in [0.3, 0.4) is 0 Å². The van der Waals surface area contributed by atoms with Crippen molar-refractivity contribution in [2.75, 3.05) is 4.90 Å². The molecule has 0 fully saturated rings. The molecule has 0 amide bonds. The average Bonchev–Trinajstić information content (AvgIpc) is 3.08. The number of rotatable bonds is 5. The summed E-state index contributed by atoms with van der Waals surface area (Å²) in [4.78, 5) is 2.50. The molecule has 5 aromatic carbocycles. The van der Waals surface area contributed by atoms with Crippen molar-refractivity contribution in [1.82, 2.24) is 0 Å². The molecular formula is C42H32BrN. The molecule has 1 nitrogen and oxygen atoms in total. The third-order valence-corrected chi connectivity index (χ3v) is 9.55. The van der Waals surface area contributed by atoms with Gasteiger partial charge in [-0.3, -0.25) is 0 Å². The molecule has 0 aromatic heterocycles. The van der Waals surface area contributed by atoms with Crippen LogP contribution in [0.4, 0.5) is 5.69 Å². The molecule has 0 aliphatic heterocycles. The van der Waals surface area contributed by atoms with Crippen LogP contribution in [-0.4, -0.2) is 0 Å². The summed E-state index contributed by atoms with van der Waals surface area (Å²) in [5.41, 5.74) is 8.74. The van der Waals surface area contributed by atoms with Crippen LogP contribution in [0.1, 0.15) is 12.8 Å². The van der Waals surface area contributed by atoms with E-state index in [1.807, 2.05) is 0 Å². The zero-order valence-electron chi connectivity index (χ0n) is 24.4. The zero-order valence-corrected chi connectivity index (χ0v) is 26.0. The lowest BCUT2D eigenvalue weighted by atomic mass is 9.81. The van der Waals surface area contributed by atoms with E-state index in [0.29, 0.717) is 11.8 Å². The summed E-state index contributed by atoms with van der Waals surface area (Å²) in [6, 6.07) is 35.6. The van der Waals surface area contributed by atoms with Gasteiger partial charge in [-0.25, -0.2) is 0 Å². The molecule has 1 unspecified atom stereocenters. The number of anilines is 1. The van der Waals surface area contributed by atoms with E-state index in [1.165, 1.54) is 60.9 Å². The van der Waals surface area contributed by atoms with Gasteiger partial charge in [0.1, 0.15) is 0 Å². The minimum Gasteiger partial charge on any atom is -0.314 e. The second-order valence-electron chi connectivity index (χ2n) is 11.7. The molecule has 212 valence electrons. The molecule has 2 heteroatoms. The van der Waals surface area contributed by atoms with Gasteiger partial charge in [-0.2, -0.15) is 0 Å². The van der Waals surface area contributed by atoms with E-state index in [2.05, 4.69) is 179 Å². The van der Waals surface area contributed by atoms with Gasteiger partial charge in [-0.1, -0.05) is 137 Å². The van der Waals surface area contributed by atoms with Crippen LogP contribution in [0.5, 0.6) is 0 Å². The van der Waals surface area contributed by atoms with Crippen molar-refractivity contribution >= 4 is 43.2 Å². The molecule has 0 spiro atoms. The average molecular weight is 631 g/mol. The predicted octanol–water partition coefficient (Wildman–Crippen LogP) is 11.9. The quantitative estimate of drug-likeness (QED) is 0.175. The third kappa shape index (κ3) is 4.71. The second-order valence-corrected chi connectivity index (χ2v) is 12.6. The minimum absolute atomic E-state index is 0.291. The summed E-state index contributed by atoms with van der Waals surface area (Å²) in [7, 11) is 0. The Morgan fingerprint density at radius 1 is 0.614 bits per heavy atom. The Morgan fingerprint density at radius 3 is 1.98 bits per heavy atom. The molecular weight excluding hydrogens is 598 g/mol. The van der Waals surface area contributed by atoms with Gasteiger partial charge in [0.2, 0.25) is 0 Å². The van der Waals surface area contributed by atoms with Crippen molar-refractivity contribution in [3.05, 3.63) is 174 Å². The highest BCUT2D eigenvalue weighted by atomic mass is 79.9. The molecule has 0 N–H and O–H groups in total. The Morgan fingerprint density at radius 2 is 1.27 bits per heavy atom. The number of nitrogens with zero attached hydrogens (tertiary/aromatic N) is 1. The molecule has 3 aliphatic carbocycles. The van der Waals surface area contributed by atoms with Crippen molar-refractivity contribution in [1.29, 1.82) is 0 Å². The van der Waals surface area contributed by atoms with Gasteiger partial charge in [0.05, 0.1) is 0 Å². The molecule has 0 saturated carbocycles. The van der Waals surface area contributed by atoms with E-state index >= 15 is 0 Å². The summed E-state index contributed by atoms with van der Waals surface area (Å²) < 4.78 is 1.08. The number of fused-ring (bicyclic) bond motifs is 3. The SMILES string of the molecule is Brc1ccc2c(-c3ccccc3)c3cc(N(C4=CCCC=C4)C4=CC=C[C@H]5C=CC=CC45)ccc3c(-c3ccccc3)c2c1. The number of hydrogen-bond donors (Lipinski definition) is 0. The maximum atomic E-state index is 3.79. The fourth-order valence-corrected chi connectivity index (χ4v) is 7.45. The van der Waals surface area contributed by atoms with Gasteiger partial charge in [-0.15, -0.1) is 0 Å². The van der Waals surface area contributed by atoms with E-state index in [0.717, 1.165) is 17.3 Å². The monoisotopic (exact) mass is 629 g/mol. The Labute approximate surface area is 267 Å². The molecule has 0 heterocycles. The van der Waals surface area contributed by atoms with Crippen LogP contribution in [0.15, 0.2) is 174 Å². The van der Waals surface area contributed by atoms with Crippen molar-refractivity contribution in [3.63, 3.8) is 0 Å². The lowest BCUT2D eigenvalue weighted by Gasteiger charge is -2.37. The molecule has 2 atom stereocenters. The fourth-order valence-electron chi connectivity index (χ4n) is 7.09. The molecule has 0 radical (unpaired) electrons. The van der Waals surface area contributed by atoms with Crippen LogP contribution in [0.25, 0.3) is 43.8 Å². The van der Waals surface area contributed by atoms with E-state index in [4.69, 9.17) is 0 Å². The summed E-state index contributed by atoms with van der Waals surface area (Å²) in [5.74, 6) is 0.655. The van der Waals surface area contributed by atoms with Gasteiger partial charge in [0, 0.05) is 33.4 Å². The number of halogens is 1. The lowest BCUT2D eigenvalue weighted by Crippen LogP contribution is -2.30. The van der Waals surface area contributed by atoms with Crippen LogP contribution in [0.2, 0.25) is 0 Å². The summed E-state index contributed by atoms with van der Waals surface area (Å²) in [6.45, 7) is 0. The Hall–Kier alpha value is -4.66. The maximum absolute atomic E-state index is 3.79. The highest BCUT2D eigenvalue weighted by Gasteiger charge is 2.29. The van der Waals surface area contributed by atoms with Crippen molar-refractivity contribution < 1.29 is 0 Å². The van der Waals surface area contributed by atoms with Crippen LogP contribution in [-0.2, 0) is 0 Å². The van der Waals surface area contributed by atoms with Crippen LogP contribution < -0.4 is 4.90 Å². The van der Waals surface area contributed by atoms with E-state index in [-0.39, 0.29) is 0 Å². The zero-order chi connectivity index (χ0) is 29.5. The number of benzene rings is 5. The third-order valence-electron chi connectivity index (χ3n) is 9.06. The van der Waals surface area contributed by atoms with Gasteiger partial charge < -0.3 is 4.90 Å². The molecule has 5 aromatic rings. The van der Waals surface area contributed by atoms with E-state index in [1.54, 1.807) is 0 Å². The highest BCUT2D eigenvalue weighted by Crippen LogP contribution is 2.47. The lowest BCUT2D eigenvalue weighted by molar-refractivity contribution is 0.608. The molecule has 3 aliphatic rings. The first-order valence-corrected chi connectivity index (χ1v) is 16.3. The molecule has 0 saturated heterocycles. The van der Waals surface area contributed by atoms with Gasteiger partial charge in [0.25, 0.3) is 0 Å². The molecule has 44 heavy (non-hydrogen) atoms. The topological polar surface area (TPSA) is 3.24 Å².